The smallest absolute Gasteiger partial charge is 0.411 e. The highest BCUT2D eigenvalue weighted by Gasteiger charge is 2.45. The van der Waals surface area contributed by atoms with Crippen LogP contribution in [-0.4, -0.2) is 34.2 Å². The highest BCUT2D eigenvalue weighted by Crippen LogP contribution is 2.39. The minimum Gasteiger partial charge on any atom is -0.480 e. The molecule has 2 fully saturated rings. The fourth-order valence-corrected chi connectivity index (χ4v) is 3.76. The second-order valence-corrected chi connectivity index (χ2v) is 6.14. The normalized spacial score (nSPS) is 27.3. The first-order valence-electron chi connectivity index (χ1n) is 7.88. The van der Waals surface area contributed by atoms with E-state index in [9.17, 15) is 14.7 Å². The number of benzene rings is 1. The Kier molecular flexibility index (Phi) is 4.32. The fraction of sp³-hybridized carbons (Fsp3) is 0.529. The molecule has 1 aromatic rings. The van der Waals surface area contributed by atoms with Gasteiger partial charge in [-0.1, -0.05) is 36.8 Å². The lowest BCUT2D eigenvalue weighted by Crippen LogP contribution is -2.55. The number of fused-ring (bicyclic) bond motifs is 1. The van der Waals surface area contributed by atoms with Crippen LogP contribution >= 0.6 is 0 Å². The molecular weight excluding hydrogens is 282 g/mol. The summed E-state index contributed by atoms with van der Waals surface area (Å²) in [7, 11) is 0. The van der Waals surface area contributed by atoms with Crippen molar-refractivity contribution >= 4 is 12.1 Å². The van der Waals surface area contributed by atoms with E-state index in [1.165, 1.54) is 4.90 Å². The van der Waals surface area contributed by atoms with E-state index < -0.39 is 18.1 Å². The van der Waals surface area contributed by atoms with Crippen molar-refractivity contribution in [3.05, 3.63) is 35.9 Å². The average molecular weight is 303 g/mol. The molecule has 0 bridgehead atoms. The number of rotatable bonds is 3. The number of carbonyl (C=O) groups excluding carboxylic acids is 1. The van der Waals surface area contributed by atoms with Gasteiger partial charge >= 0.3 is 12.1 Å². The van der Waals surface area contributed by atoms with Crippen molar-refractivity contribution in [2.24, 2.45) is 5.92 Å². The minimum absolute atomic E-state index is 0.0260. The Labute approximate surface area is 129 Å². The zero-order chi connectivity index (χ0) is 15.5. The van der Waals surface area contributed by atoms with Crippen LogP contribution in [0.2, 0.25) is 0 Å². The van der Waals surface area contributed by atoms with Crippen LogP contribution in [0.3, 0.4) is 0 Å². The molecule has 0 radical (unpaired) electrons. The van der Waals surface area contributed by atoms with Crippen molar-refractivity contribution in [2.75, 3.05) is 0 Å². The Hall–Kier alpha value is -2.04. The van der Waals surface area contributed by atoms with E-state index >= 15 is 0 Å². The standard InChI is InChI=1S/C17H21NO4/c19-16(20)15-10-9-13-7-4-8-14(13)18(15)17(21)22-11-12-5-2-1-3-6-12/h1-3,5-6,13-15H,4,7-11H2,(H,19,20). The van der Waals surface area contributed by atoms with Gasteiger partial charge in [0.25, 0.3) is 0 Å². The van der Waals surface area contributed by atoms with Crippen LogP contribution in [-0.2, 0) is 16.1 Å². The maximum absolute atomic E-state index is 12.5. The summed E-state index contributed by atoms with van der Waals surface area (Å²) in [5, 5.41) is 9.41. The lowest BCUT2D eigenvalue weighted by Gasteiger charge is -2.41. The van der Waals surface area contributed by atoms with Crippen LogP contribution in [0.4, 0.5) is 4.79 Å². The van der Waals surface area contributed by atoms with Gasteiger partial charge in [-0.2, -0.15) is 0 Å². The molecule has 0 spiro atoms. The van der Waals surface area contributed by atoms with Crippen molar-refractivity contribution in [1.29, 1.82) is 0 Å². The molecule has 118 valence electrons. The van der Waals surface area contributed by atoms with Gasteiger partial charge in [-0.3, -0.25) is 4.90 Å². The zero-order valence-corrected chi connectivity index (χ0v) is 12.5. The van der Waals surface area contributed by atoms with E-state index in [1.54, 1.807) is 0 Å². The van der Waals surface area contributed by atoms with Gasteiger partial charge in [-0.05, 0) is 37.2 Å². The molecule has 1 heterocycles. The molecular formula is C17H21NO4. The highest BCUT2D eigenvalue weighted by molar-refractivity contribution is 5.80. The van der Waals surface area contributed by atoms with Gasteiger partial charge in [0.1, 0.15) is 12.6 Å². The van der Waals surface area contributed by atoms with Crippen molar-refractivity contribution in [3.63, 3.8) is 0 Å². The number of hydrogen-bond donors (Lipinski definition) is 1. The largest absolute Gasteiger partial charge is 0.480 e. The van der Waals surface area contributed by atoms with Gasteiger partial charge in [0, 0.05) is 6.04 Å². The van der Waals surface area contributed by atoms with Gasteiger partial charge in [0.15, 0.2) is 0 Å². The Morgan fingerprint density at radius 3 is 2.64 bits per heavy atom. The molecule has 5 heteroatoms. The summed E-state index contributed by atoms with van der Waals surface area (Å²) < 4.78 is 5.38. The van der Waals surface area contributed by atoms with E-state index in [1.807, 2.05) is 30.3 Å². The number of ether oxygens (including phenoxy) is 1. The Morgan fingerprint density at radius 2 is 1.91 bits per heavy atom. The van der Waals surface area contributed by atoms with E-state index in [4.69, 9.17) is 4.74 Å². The molecule has 1 amide bonds. The molecule has 1 saturated carbocycles. The highest BCUT2D eigenvalue weighted by atomic mass is 16.6. The van der Waals surface area contributed by atoms with Crippen LogP contribution in [0.5, 0.6) is 0 Å². The van der Waals surface area contributed by atoms with E-state index in [-0.39, 0.29) is 12.6 Å². The van der Waals surface area contributed by atoms with Crippen LogP contribution in [0.15, 0.2) is 30.3 Å². The SMILES string of the molecule is O=C(O)C1CCC2CCCC2N1C(=O)OCc1ccccc1. The maximum Gasteiger partial charge on any atom is 0.411 e. The first-order chi connectivity index (χ1) is 10.7. The molecule has 1 aromatic carbocycles. The lowest BCUT2D eigenvalue weighted by molar-refractivity contribution is -0.145. The number of likely N-dealkylation sites (tertiary alicyclic amines) is 1. The third-order valence-electron chi connectivity index (χ3n) is 4.82. The number of piperidine rings is 1. The van der Waals surface area contributed by atoms with Gasteiger partial charge in [-0.15, -0.1) is 0 Å². The third kappa shape index (κ3) is 2.93. The van der Waals surface area contributed by atoms with Crippen LogP contribution in [0, 0.1) is 5.92 Å². The summed E-state index contributed by atoms with van der Waals surface area (Å²) in [6.07, 6.45) is 3.95. The topological polar surface area (TPSA) is 66.8 Å². The molecule has 3 atom stereocenters. The predicted molar refractivity (Wildman–Crippen MR) is 80.3 cm³/mol. The summed E-state index contributed by atoms with van der Waals surface area (Å²) in [5.41, 5.74) is 0.905. The number of nitrogens with zero attached hydrogens (tertiary/aromatic N) is 1. The quantitative estimate of drug-likeness (QED) is 0.932. The lowest BCUT2D eigenvalue weighted by atomic mass is 9.88. The average Bonchev–Trinajstić information content (AvgIpc) is 3.01. The van der Waals surface area contributed by atoms with Gasteiger partial charge in [0.05, 0.1) is 0 Å². The molecule has 2 aliphatic rings. The van der Waals surface area contributed by atoms with Gasteiger partial charge < -0.3 is 9.84 Å². The Balaban J connectivity index is 1.70. The van der Waals surface area contributed by atoms with Crippen LogP contribution < -0.4 is 0 Å². The zero-order valence-electron chi connectivity index (χ0n) is 12.5. The van der Waals surface area contributed by atoms with Crippen LogP contribution in [0.25, 0.3) is 0 Å². The fourth-order valence-electron chi connectivity index (χ4n) is 3.76. The molecule has 1 aliphatic carbocycles. The van der Waals surface area contributed by atoms with Gasteiger partial charge in [0.2, 0.25) is 0 Å². The molecule has 3 rings (SSSR count). The van der Waals surface area contributed by atoms with Crippen molar-refractivity contribution in [2.45, 2.75) is 50.8 Å². The minimum atomic E-state index is -0.929. The monoisotopic (exact) mass is 303 g/mol. The number of hydrogen-bond acceptors (Lipinski definition) is 3. The molecule has 1 aliphatic heterocycles. The van der Waals surface area contributed by atoms with E-state index in [0.29, 0.717) is 12.3 Å². The molecule has 22 heavy (non-hydrogen) atoms. The number of aliphatic carboxylic acids is 1. The maximum atomic E-state index is 12.5. The first-order valence-corrected chi connectivity index (χ1v) is 7.88. The second-order valence-electron chi connectivity index (χ2n) is 6.14. The second kappa shape index (κ2) is 6.38. The predicted octanol–water partition coefficient (Wildman–Crippen LogP) is 3.04. The molecule has 3 unspecified atom stereocenters. The van der Waals surface area contributed by atoms with E-state index in [2.05, 4.69) is 0 Å². The van der Waals surface area contributed by atoms with Crippen LogP contribution in [0.1, 0.15) is 37.7 Å². The molecule has 5 nitrogen and oxygen atoms in total. The summed E-state index contributed by atoms with van der Waals surface area (Å²) in [5.74, 6) is -0.498. The summed E-state index contributed by atoms with van der Waals surface area (Å²) >= 11 is 0. The number of amides is 1. The van der Waals surface area contributed by atoms with Crippen molar-refractivity contribution in [3.8, 4) is 0 Å². The van der Waals surface area contributed by atoms with Crippen molar-refractivity contribution in [1.82, 2.24) is 4.90 Å². The summed E-state index contributed by atoms with van der Waals surface area (Å²) in [6.45, 7) is 0.180. The number of carboxylic acid groups (broad SMARTS) is 1. The summed E-state index contributed by atoms with van der Waals surface area (Å²) in [6, 6.07) is 8.72. The van der Waals surface area contributed by atoms with Crippen molar-refractivity contribution < 1.29 is 19.4 Å². The number of carbonyl (C=O) groups is 2. The first kappa shape index (κ1) is 14.9. The summed E-state index contributed by atoms with van der Waals surface area (Å²) in [4.78, 5) is 25.4. The third-order valence-corrected chi connectivity index (χ3v) is 4.82. The Bertz CT molecular complexity index is 545. The molecule has 1 N–H and O–H groups in total. The van der Waals surface area contributed by atoms with Gasteiger partial charge in [-0.25, -0.2) is 9.59 Å². The van der Waals surface area contributed by atoms with E-state index in [0.717, 1.165) is 31.2 Å². The number of carboxylic acids is 1. The Morgan fingerprint density at radius 1 is 1.14 bits per heavy atom. The molecule has 1 saturated heterocycles. The molecule has 0 aromatic heterocycles.